The van der Waals surface area contributed by atoms with Gasteiger partial charge in [0.15, 0.2) is 0 Å². The number of hydrogen-bond acceptors (Lipinski definition) is 6. The molecule has 1 unspecified atom stereocenters. The van der Waals surface area contributed by atoms with E-state index < -0.39 is 29.6 Å². The van der Waals surface area contributed by atoms with Crippen LogP contribution in [0.1, 0.15) is 13.8 Å². The van der Waals surface area contributed by atoms with Crippen LogP contribution in [0.5, 0.6) is 0 Å². The molecular weight excluding hydrogens is 282 g/mol. The molecule has 0 aliphatic heterocycles. The molecule has 0 aliphatic rings. The molecule has 0 bridgehead atoms. The first-order valence-electron chi connectivity index (χ1n) is 4.97. The van der Waals surface area contributed by atoms with Gasteiger partial charge in [0.1, 0.15) is 6.61 Å². The van der Waals surface area contributed by atoms with E-state index in [0.29, 0.717) is 0 Å². The summed E-state index contributed by atoms with van der Waals surface area (Å²) in [6.07, 6.45) is 0.747. The summed E-state index contributed by atoms with van der Waals surface area (Å²) in [5.74, 6) is -4.56. The highest BCUT2D eigenvalue weighted by atomic mass is 32.1. The van der Waals surface area contributed by atoms with Gasteiger partial charge in [-0.15, -0.1) is 12.6 Å². The van der Waals surface area contributed by atoms with E-state index in [1.807, 2.05) is 0 Å². The van der Waals surface area contributed by atoms with Crippen LogP contribution >= 0.6 is 12.6 Å². The Labute approximate surface area is 114 Å². The Balaban J connectivity index is 5.01. The fraction of sp³-hybridized carbons (Fsp3) is 0.455. The monoisotopic (exact) mass is 296 g/mol. The van der Waals surface area contributed by atoms with Gasteiger partial charge in [0.25, 0.3) is 0 Å². The molecule has 8 heteroatoms. The number of hydrogen-bond donors (Lipinski definition) is 1. The summed E-state index contributed by atoms with van der Waals surface area (Å²) in [5.41, 5.74) is -0.0427. The largest absolute Gasteiger partial charge is 0.430 e. The van der Waals surface area contributed by atoms with Crippen LogP contribution in [0.15, 0.2) is 25.0 Å². The zero-order valence-electron chi connectivity index (χ0n) is 10.4. The molecule has 0 aromatic rings. The third-order valence-corrected chi connectivity index (χ3v) is 1.85. The van der Waals surface area contributed by atoms with Crippen LogP contribution in [-0.4, -0.2) is 29.6 Å². The van der Waals surface area contributed by atoms with E-state index in [1.54, 1.807) is 0 Å². The van der Waals surface area contributed by atoms with Crippen molar-refractivity contribution in [3.8, 4) is 0 Å². The molecule has 0 spiro atoms. The number of alkyl halides is 2. The van der Waals surface area contributed by atoms with Crippen LogP contribution in [0, 0.1) is 0 Å². The molecule has 0 aromatic carbocycles. The minimum Gasteiger partial charge on any atom is -0.430 e. The van der Waals surface area contributed by atoms with Gasteiger partial charge in [-0.1, -0.05) is 13.2 Å². The molecule has 0 aliphatic carbocycles. The van der Waals surface area contributed by atoms with Gasteiger partial charge in [-0.2, -0.15) is 8.78 Å². The molecule has 19 heavy (non-hydrogen) atoms. The van der Waals surface area contributed by atoms with Crippen molar-refractivity contribution in [2.45, 2.75) is 24.9 Å². The van der Waals surface area contributed by atoms with Gasteiger partial charge in [-0.05, 0) is 6.92 Å². The maximum Gasteiger partial charge on any atom is 0.384 e. The van der Waals surface area contributed by atoms with Crippen LogP contribution < -0.4 is 0 Å². The first-order chi connectivity index (χ1) is 8.52. The minimum atomic E-state index is -3.51. The smallest absolute Gasteiger partial charge is 0.384 e. The summed E-state index contributed by atoms with van der Waals surface area (Å²) < 4.78 is 38.8. The molecule has 5 nitrogen and oxygen atoms in total. The van der Waals surface area contributed by atoms with Gasteiger partial charge in [0, 0.05) is 12.5 Å². The Kier molecular flexibility index (Phi) is 6.17. The topological polar surface area (TPSA) is 61.8 Å². The molecular formula is C11H14F2O5S. The lowest BCUT2D eigenvalue weighted by atomic mass is 10.3. The Morgan fingerprint density at radius 1 is 1.42 bits per heavy atom. The zero-order valence-corrected chi connectivity index (χ0v) is 11.3. The predicted octanol–water partition coefficient (Wildman–Crippen LogP) is 2.05. The van der Waals surface area contributed by atoms with Crippen molar-refractivity contribution in [1.82, 2.24) is 0 Å². The summed E-state index contributed by atoms with van der Waals surface area (Å²) in [5, 5.41) is -3.51. The summed E-state index contributed by atoms with van der Waals surface area (Å²) in [6.45, 7) is 7.42. The lowest BCUT2D eigenvalue weighted by Crippen LogP contribution is -2.45. The predicted molar refractivity (Wildman–Crippen MR) is 65.5 cm³/mol. The average molecular weight is 296 g/mol. The van der Waals surface area contributed by atoms with E-state index >= 15 is 0 Å². The third-order valence-electron chi connectivity index (χ3n) is 1.72. The Hall–Kier alpha value is -1.41. The summed E-state index contributed by atoms with van der Waals surface area (Å²) in [7, 11) is 0. The second kappa shape index (κ2) is 6.67. The second-order valence-corrected chi connectivity index (χ2v) is 4.30. The van der Waals surface area contributed by atoms with Gasteiger partial charge in [-0.3, -0.25) is 0 Å². The number of rotatable bonds is 7. The summed E-state index contributed by atoms with van der Waals surface area (Å²) in [4.78, 5) is 22.9. The number of halogens is 2. The average Bonchev–Trinajstić information content (AvgIpc) is 2.25. The first-order valence-corrected chi connectivity index (χ1v) is 5.41. The van der Waals surface area contributed by atoms with Gasteiger partial charge in [0.2, 0.25) is 0 Å². The molecule has 108 valence electrons. The number of carbonyl (C=O) groups is 2. The zero-order chi connectivity index (χ0) is 15.3. The van der Waals surface area contributed by atoms with Crippen molar-refractivity contribution >= 4 is 24.6 Å². The molecule has 0 aromatic heterocycles. The number of esters is 2. The maximum absolute atomic E-state index is 12.6. The van der Waals surface area contributed by atoms with E-state index in [-0.39, 0.29) is 5.57 Å². The third kappa shape index (κ3) is 6.35. The Morgan fingerprint density at radius 2 is 1.95 bits per heavy atom. The number of ether oxygens (including phenoxy) is 3. The molecule has 0 N–H and O–H groups in total. The molecule has 0 saturated heterocycles. The fourth-order valence-electron chi connectivity index (χ4n) is 0.801. The summed E-state index contributed by atoms with van der Waals surface area (Å²) >= 11 is 2.93. The normalized spacial score (nSPS) is 14.2. The minimum absolute atomic E-state index is 0.0427. The number of thiol groups is 1. The molecule has 1 atom stereocenters. The van der Waals surface area contributed by atoms with E-state index in [4.69, 9.17) is 0 Å². The Morgan fingerprint density at radius 3 is 2.32 bits per heavy atom. The van der Waals surface area contributed by atoms with Crippen molar-refractivity contribution in [1.29, 1.82) is 0 Å². The van der Waals surface area contributed by atoms with E-state index in [1.165, 1.54) is 6.92 Å². The lowest BCUT2D eigenvalue weighted by Gasteiger charge is -2.27. The van der Waals surface area contributed by atoms with Crippen LogP contribution in [0.25, 0.3) is 0 Å². The van der Waals surface area contributed by atoms with Crippen LogP contribution in [0.2, 0.25) is 0 Å². The van der Waals surface area contributed by atoms with Crippen molar-refractivity contribution in [2.75, 3.05) is 6.61 Å². The van der Waals surface area contributed by atoms with Crippen molar-refractivity contribution in [3.63, 3.8) is 0 Å². The Bertz CT molecular complexity index is 391. The van der Waals surface area contributed by atoms with Crippen LogP contribution in [0.4, 0.5) is 8.78 Å². The highest BCUT2D eigenvalue weighted by Crippen LogP contribution is 2.24. The standard InChI is InChI=1S/C11H14F2O5S/c1-5-16-9(15)10(4,17-6-11(12,13)19)18-8(14)7(2)3/h5,19H,1-2,6H2,3-4H3. The lowest BCUT2D eigenvalue weighted by molar-refractivity contribution is -0.240. The highest BCUT2D eigenvalue weighted by molar-refractivity contribution is 7.81. The second-order valence-electron chi connectivity index (χ2n) is 3.64. The van der Waals surface area contributed by atoms with Crippen molar-refractivity contribution < 1.29 is 32.6 Å². The van der Waals surface area contributed by atoms with Gasteiger partial charge in [0.05, 0.1) is 6.26 Å². The molecule has 0 heterocycles. The molecule has 0 fully saturated rings. The quantitative estimate of drug-likeness (QED) is 0.256. The highest BCUT2D eigenvalue weighted by Gasteiger charge is 2.43. The number of carbonyl (C=O) groups excluding carboxylic acids is 2. The molecule has 0 amide bonds. The van der Waals surface area contributed by atoms with Crippen molar-refractivity contribution in [2.24, 2.45) is 0 Å². The van der Waals surface area contributed by atoms with Crippen LogP contribution in [-0.2, 0) is 23.8 Å². The molecule has 0 radical (unpaired) electrons. The van der Waals surface area contributed by atoms with Gasteiger partial charge < -0.3 is 14.2 Å². The summed E-state index contributed by atoms with van der Waals surface area (Å²) in [6, 6.07) is 0. The molecule has 0 saturated carbocycles. The van der Waals surface area contributed by atoms with E-state index in [0.717, 1.165) is 13.2 Å². The molecule has 0 rings (SSSR count). The SMILES string of the molecule is C=COC(=O)C(C)(OCC(F)(F)S)OC(=O)C(=C)C. The van der Waals surface area contributed by atoms with Gasteiger partial charge in [-0.25, -0.2) is 9.59 Å². The maximum atomic E-state index is 12.6. The van der Waals surface area contributed by atoms with Crippen LogP contribution in [0.3, 0.4) is 0 Å². The van der Waals surface area contributed by atoms with Gasteiger partial charge >= 0.3 is 23.0 Å². The van der Waals surface area contributed by atoms with E-state index in [9.17, 15) is 18.4 Å². The fourth-order valence-corrected chi connectivity index (χ4v) is 0.866. The van der Waals surface area contributed by atoms with Crippen molar-refractivity contribution in [3.05, 3.63) is 25.0 Å². The first kappa shape index (κ1) is 17.6. The van der Waals surface area contributed by atoms with E-state index in [2.05, 4.69) is 40.0 Å².